The van der Waals surface area contributed by atoms with Crippen molar-refractivity contribution >= 4 is 9.84 Å². The van der Waals surface area contributed by atoms with Crippen molar-refractivity contribution < 1.29 is 13.2 Å². The normalized spacial score (nSPS) is 27.1. The zero-order valence-corrected chi connectivity index (χ0v) is 11.2. The fourth-order valence-electron chi connectivity index (χ4n) is 2.43. The molecule has 0 saturated heterocycles. The van der Waals surface area contributed by atoms with Crippen LogP contribution in [0.5, 0.6) is 5.75 Å². The lowest BCUT2D eigenvalue weighted by molar-refractivity contribution is 0.287. The maximum atomic E-state index is 12.5. The van der Waals surface area contributed by atoms with Crippen LogP contribution in [0.4, 0.5) is 0 Å². The van der Waals surface area contributed by atoms with Crippen LogP contribution in [0.15, 0.2) is 29.2 Å². The molecule has 1 aliphatic carbocycles. The molecule has 0 amide bonds. The highest BCUT2D eigenvalue weighted by atomic mass is 32.2. The molecule has 1 fully saturated rings. The first-order valence-electron chi connectivity index (χ1n) is 5.75. The van der Waals surface area contributed by atoms with Crippen LogP contribution in [0.3, 0.4) is 0 Å². The molecule has 5 heteroatoms. The molecule has 96 valence electrons. The maximum absolute atomic E-state index is 12.5. The topological polar surface area (TPSA) is 67.2 Å². The number of nitriles is 1. The number of hydrogen-bond acceptors (Lipinski definition) is 4. The average molecular weight is 265 g/mol. The standard InChI is InChI=1S/C13H15NO3S/c1-10-7-13(8-10,9-14)18(15,16)12-5-3-4-11(6-12)17-2/h3-6,10H,7-8H2,1-2H3. The van der Waals surface area contributed by atoms with Crippen LogP contribution >= 0.6 is 0 Å². The second-order valence-corrected chi connectivity index (χ2v) is 7.06. The van der Waals surface area contributed by atoms with Crippen LogP contribution in [0.2, 0.25) is 0 Å². The van der Waals surface area contributed by atoms with Crippen molar-refractivity contribution in [2.45, 2.75) is 29.4 Å². The molecule has 1 saturated carbocycles. The monoisotopic (exact) mass is 265 g/mol. The number of nitrogens with zero attached hydrogens (tertiary/aromatic N) is 1. The number of ether oxygens (including phenoxy) is 1. The van der Waals surface area contributed by atoms with Gasteiger partial charge < -0.3 is 4.74 Å². The Morgan fingerprint density at radius 1 is 1.44 bits per heavy atom. The Balaban J connectivity index is 2.46. The number of hydrogen-bond donors (Lipinski definition) is 0. The van der Waals surface area contributed by atoms with Gasteiger partial charge in [-0.05, 0) is 37.0 Å². The van der Waals surface area contributed by atoms with E-state index in [1.807, 2.05) is 13.0 Å². The van der Waals surface area contributed by atoms with E-state index in [2.05, 4.69) is 0 Å². The van der Waals surface area contributed by atoms with E-state index in [1.54, 1.807) is 12.1 Å². The Kier molecular flexibility index (Phi) is 3.07. The number of benzene rings is 1. The molecule has 0 unspecified atom stereocenters. The summed E-state index contributed by atoms with van der Waals surface area (Å²) in [6.07, 6.45) is 0.812. The first-order valence-corrected chi connectivity index (χ1v) is 7.23. The molecule has 1 aromatic rings. The van der Waals surface area contributed by atoms with E-state index in [-0.39, 0.29) is 10.8 Å². The third kappa shape index (κ3) is 1.77. The van der Waals surface area contributed by atoms with Gasteiger partial charge in [-0.2, -0.15) is 5.26 Å². The molecule has 1 aliphatic rings. The summed E-state index contributed by atoms with van der Waals surface area (Å²) in [5.41, 5.74) is 0. The van der Waals surface area contributed by atoms with Gasteiger partial charge in [0.05, 0.1) is 18.1 Å². The van der Waals surface area contributed by atoms with Gasteiger partial charge in [-0.1, -0.05) is 13.0 Å². The van der Waals surface area contributed by atoms with Gasteiger partial charge in [-0.15, -0.1) is 0 Å². The van der Waals surface area contributed by atoms with Gasteiger partial charge in [0.25, 0.3) is 0 Å². The zero-order chi connectivity index (χ0) is 13.4. The van der Waals surface area contributed by atoms with Crippen LogP contribution in [0, 0.1) is 17.2 Å². The van der Waals surface area contributed by atoms with Gasteiger partial charge in [0.2, 0.25) is 0 Å². The molecule has 0 aliphatic heterocycles. The molecule has 1 aromatic carbocycles. The molecule has 2 rings (SSSR count). The number of rotatable bonds is 3. The van der Waals surface area contributed by atoms with E-state index in [4.69, 9.17) is 4.74 Å². The van der Waals surface area contributed by atoms with E-state index in [0.717, 1.165) is 0 Å². The summed E-state index contributed by atoms with van der Waals surface area (Å²) >= 11 is 0. The SMILES string of the molecule is COc1cccc(S(=O)(=O)C2(C#N)CC(C)C2)c1. The zero-order valence-electron chi connectivity index (χ0n) is 10.4. The molecule has 0 aromatic heterocycles. The predicted octanol–water partition coefficient (Wildman–Crippen LogP) is 2.16. The van der Waals surface area contributed by atoms with Gasteiger partial charge >= 0.3 is 0 Å². The van der Waals surface area contributed by atoms with Crippen molar-refractivity contribution in [3.8, 4) is 11.8 Å². The third-order valence-corrected chi connectivity index (χ3v) is 5.75. The largest absolute Gasteiger partial charge is 0.497 e. The number of methoxy groups -OCH3 is 1. The van der Waals surface area contributed by atoms with E-state index >= 15 is 0 Å². The average Bonchev–Trinajstić information content (AvgIpc) is 2.34. The molecule has 0 atom stereocenters. The summed E-state index contributed by atoms with van der Waals surface area (Å²) < 4.78 is 28.8. The smallest absolute Gasteiger partial charge is 0.197 e. The molecule has 18 heavy (non-hydrogen) atoms. The van der Waals surface area contributed by atoms with Crippen molar-refractivity contribution in [1.29, 1.82) is 5.26 Å². The fourth-order valence-corrected chi connectivity index (χ4v) is 4.54. The van der Waals surface area contributed by atoms with Gasteiger partial charge in [-0.3, -0.25) is 0 Å². The Bertz CT molecular complexity index is 595. The van der Waals surface area contributed by atoms with Crippen LogP contribution in [-0.4, -0.2) is 20.3 Å². The second-order valence-electron chi connectivity index (χ2n) is 4.80. The summed E-state index contributed by atoms with van der Waals surface area (Å²) in [5, 5.41) is 9.22. The first kappa shape index (κ1) is 12.9. The lowest BCUT2D eigenvalue weighted by Gasteiger charge is -2.39. The summed E-state index contributed by atoms with van der Waals surface area (Å²) in [6.45, 7) is 1.96. The van der Waals surface area contributed by atoms with Crippen molar-refractivity contribution in [2.75, 3.05) is 7.11 Å². The van der Waals surface area contributed by atoms with Crippen LogP contribution in [0.1, 0.15) is 19.8 Å². The van der Waals surface area contributed by atoms with Crippen molar-refractivity contribution in [3.63, 3.8) is 0 Å². The summed E-state index contributed by atoms with van der Waals surface area (Å²) in [6, 6.07) is 8.28. The van der Waals surface area contributed by atoms with Gasteiger partial charge in [0.1, 0.15) is 5.75 Å². The van der Waals surface area contributed by atoms with Crippen molar-refractivity contribution in [1.82, 2.24) is 0 Å². The molecule has 4 nitrogen and oxygen atoms in total. The number of sulfone groups is 1. The van der Waals surface area contributed by atoms with E-state index in [9.17, 15) is 13.7 Å². The van der Waals surface area contributed by atoms with E-state index in [0.29, 0.717) is 18.6 Å². The van der Waals surface area contributed by atoms with E-state index < -0.39 is 14.6 Å². The molecule has 0 heterocycles. The molecule has 0 radical (unpaired) electrons. The Morgan fingerprint density at radius 3 is 2.61 bits per heavy atom. The lowest BCUT2D eigenvalue weighted by Crippen LogP contribution is -2.48. The molecule has 0 spiro atoms. The van der Waals surface area contributed by atoms with Crippen molar-refractivity contribution in [3.05, 3.63) is 24.3 Å². The maximum Gasteiger partial charge on any atom is 0.197 e. The Hall–Kier alpha value is -1.54. The fraction of sp³-hybridized carbons (Fsp3) is 0.462. The van der Waals surface area contributed by atoms with Gasteiger partial charge in [-0.25, -0.2) is 8.42 Å². The third-order valence-electron chi connectivity index (χ3n) is 3.43. The molecule has 0 bridgehead atoms. The minimum absolute atomic E-state index is 0.162. The second kappa shape index (κ2) is 4.29. The Morgan fingerprint density at radius 2 is 2.11 bits per heavy atom. The van der Waals surface area contributed by atoms with Crippen molar-refractivity contribution in [2.24, 2.45) is 5.92 Å². The van der Waals surface area contributed by atoms with Crippen LogP contribution in [-0.2, 0) is 9.84 Å². The van der Waals surface area contributed by atoms with Gasteiger partial charge in [0.15, 0.2) is 14.6 Å². The molecular formula is C13H15NO3S. The highest BCUT2D eigenvalue weighted by Crippen LogP contribution is 2.46. The predicted molar refractivity (Wildman–Crippen MR) is 66.9 cm³/mol. The minimum atomic E-state index is -3.62. The quantitative estimate of drug-likeness (QED) is 0.840. The Labute approximate surface area is 107 Å². The van der Waals surface area contributed by atoms with E-state index in [1.165, 1.54) is 19.2 Å². The minimum Gasteiger partial charge on any atom is -0.497 e. The summed E-state index contributed by atoms with van der Waals surface area (Å²) in [5.74, 6) is 0.765. The summed E-state index contributed by atoms with van der Waals surface area (Å²) in [7, 11) is -2.14. The molecule has 0 N–H and O–H groups in total. The highest BCUT2D eigenvalue weighted by molar-refractivity contribution is 7.93. The van der Waals surface area contributed by atoms with Crippen LogP contribution in [0.25, 0.3) is 0 Å². The highest BCUT2D eigenvalue weighted by Gasteiger charge is 2.53. The molecular weight excluding hydrogens is 250 g/mol. The first-order chi connectivity index (χ1) is 8.45. The van der Waals surface area contributed by atoms with Gasteiger partial charge in [0, 0.05) is 0 Å². The summed E-state index contributed by atoms with van der Waals surface area (Å²) in [4.78, 5) is 0.162. The lowest BCUT2D eigenvalue weighted by atomic mass is 9.76. The van der Waals surface area contributed by atoms with Crippen LogP contribution < -0.4 is 4.74 Å².